The number of nitrogens with zero attached hydrogens (tertiary/aromatic N) is 3. The van der Waals surface area contributed by atoms with Crippen molar-refractivity contribution in [3.63, 3.8) is 0 Å². The van der Waals surface area contributed by atoms with Crippen LogP contribution in [0.2, 0.25) is 0 Å². The molecule has 0 bridgehead atoms. The normalized spacial score (nSPS) is 10.8. The van der Waals surface area contributed by atoms with Crippen LogP contribution in [0.4, 0.5) is 0 Å². The molecule has 0 radical (unpaired) electrons. The number of carbonyl (C=O) groups is 1. The fraction of sp³-hybridized carbons (Fsp3) is 0.238. The maximum atomic E-state index is 12.7. The molecule has 0 saturated heterocycles. The summed E-state index contributed by atoms with van der Waals surface area (Å²) in [4.78, 5) is 12.7. The molecule has 1 N–H and O–H groups in total. The van der Waals surface area contributed by atoms with Crippen molar-refractivity contribution in [3.8, 4) is 22.8 Å². The zero-order chi connectivity index (χ0) is 20.1. The second kappa shape index (κ2) is 8.58. The minimum Gasteiger partial charge on any atom is -0.493 e. The topological polar surface area (TPSA) is 68.6 Å². The van der Waals surface area contributed by atoms with Gasteiger partial charge in [0.2, 0.25) is 0 Å². The van der Waals surface area contributed by atoms with Gasteiger partial charge in [0.15, 0.2) is 11.5 Å². The molecule has 2 aromatic carbocycles. The van der Waals surface area contributed by atoms with Crippen LogP contribution in [0.3, 0.4) is 0 Å². The Hall–Kier alpha value is -3.32. The quantitative estimate of drug-likeness (QED) is 0.639. The number of rotatable bonds is 7. The van der Waals surface area contributed by atoms with Crippen LogP contribution >= 0.6 is 0 Å². The molecule has 3 aromatic rings. The highest BCUT2D eigenvalue weighted by molar-refractivity contribution is 5.99. The van der Waals surface area contributed by atoms with Crippen LogP contribution in [0, 0.1) is 0 Å². The van der Waals surface area contributed by atoms with E-state index < -0.39 is 0 Å². The average molecular weight is 380 g/mol. The van der Waals surface area contributed by atoms with E-state index in [4.69, 9.17) is 9.47 Å². The predicted octanol–water partition coefficient (Wildman–Crippen LogP) is 2.82. The first-order chi connectivity index (χ1) is 13.5. The van der Waals surface area contributed by atoms with E-state index in [0.717, 1.165) is 11.1 Å². The SMILES string of the molecule is COc1ccc(-c2nn(Cc3ccccc3)cc2C(=O)NN(C)C)cc1OC. The molecule has 0 aliphatic heterocycles. The average Bonchev–Trinajstić information content (AvgIpc) is 3.11. The number of aromatic nitrogens is 2. The van der Waals surface area contributed by atoms with Crippen LogP contribution in [-0.2, 0) is 6.54 Å². The maximum absolute atomic E-state index is 12.7. The largest absolute Gasteiger partial charge is 0.493 e. The lowest BCUT2D eigenvalue weighted by molar-refractivity contribution is 0.0857. The standard InChI is InChI=1S/C21H24N4O3/c1-24(2)23-21(26)17-14-25(13-15-8-6-5-7-9-15)22-20(17)16-10-11-18(27-3)19(12-16)28-4/h5-12,14H,13H2,1-4H3,(H,23,26). The molecule has 7 heteroatoms. The summed E-state index contributed by atoms with van der Waals surface area (Å²) in [7, 11) is 6.70. The molecule has 0 aliphatic rings. The van der Waals surface area contributed by atoms with Gasteiger partial charge >= 0.3 is 0 Å². The number of benzene rings is 2. The summed E-state index contributed by atoms with van der Waals surface area (Å²) in [5.41, 5.74) is 5.72. The second-order valence-corrected chi connectivity index (χ2v) is 6.48. The molecule has 0 saturated carbocycles. The summed E-state index contributed by atoms with van der Waals surface area (Å²) in [6, 6.07) is 15.5. The number of carbonyl (C=O) groups excluding carboxylic acids is 1. The van der Waals surface area contributed by atoms with Gasteiger partial charge in [0.1, 0.15) is 5.69 Å². The van der Waals surface area contributed by atoms with E-state index in [1.54, 1.807) is 50.3 Å². The van der Waals surface area contributed by atoms with Gasteiger partial charge in [-0.05, 0) is 23.8 Å². The Kier molecular flexibility index (Phi) is 5.96. The summed E-state index contributed by atoms with van der Waals surface area (Å²) >= 11 is 0. The van der Waals surface area contributed by atoms with Crippen LogP contribution in [0.1, 0.15) is 15.9 Å². The number of hydrogen-bond acceptors (Lipinski definition) is 5. The van der Waals surface area contributed by atoms with Gasteiger partial charge < -0.3 is 9.47 Å². The molecule has 0 spiro atoms. The molecule has 7 nitrogen and oxygen atoms in total. The third-order valence-corrected chi connectivity index (χ3v) is 4.18. The van der Waals surface area contributed by atoms with Gasteiger partial charge in [-0.3, -0.25) is 14.9 Å². The highest BCUT2D eigenvalue weighted by Crippen LogP contribution is 2.33. The van der Waals surface area contributed by atoms with E-state index in [0.29, 0.717) is 29.3 Å². The Morgan fingerprint density at radius 2 is 1.79 bits per heavy atom. The summed E-state index contributed by atoms with van der Waals surface area (Å²) in [6.07, 6.45) is 1.76. The molecule has 146 valence electrons. The zero-order valence-electron chi connectivity index (χ0n) is 16.5. The first-order valence-electron chi connectivity index (χ1n) is 8.84. The smallest absolute Gasteiger partial charge is 0.269 e. The fourth-order valence-electron chi connectivity index (χ4n) is 2.90. The highest BCUT2D eigenvalue weighted by Gasteiger charge is 2.20. The number of amides is 1. The van der Waals surface area contributed by atoms with Crippen molar-refractivity contribution >= 4 is 5.91 Å². The van der Waals surface area contributed by atoms with Gasteiger partial charge in [-0.2, -0.15) is 5.10 Å². The van der Waals surface area contributed by atoms with Crippen LogP contribution in [0.15, 0.2) is 54.7 Å². The number of hydrogen-bond donors (Lipinski definition) is 1. The molecule has 0 fully saturated rings. The van der Waals surface area contributed by atoms with Crippen molar-refractivity contribution in [3.05, 3.63) is 65.9 Å². The summed E-state index contributed by atoms with van der Waals surface area (Å²) < 4.78 is 12.5. The van der Waals surface area contributed by atoms with Gasteiger partial charge in [0.25, 0.3) is 5.91 Å². The van der Waals surface area contributed by atoms with E-state index in [-0.39, 0.29) is 5.91 Å². The first-order valence-corrected chi connectivity index (χ1v) is 8.84. The Balaban J connectivity index is 2.03. The molecule has 0 atom stereocenters. The predicted molar refractivity (Wildman–Crippen MR) is 107 cm³/mol. The summed E-state index contributed by atoms with van der Waals surface area (Å²) in [5.74, 6) is 0.972. The minimum atomic E-state index is -0.228. The Bertz CT molecular complexity index is 952. The van der Waals surface area contributed by atoms with Crippen LogP contribution in [0.5, 0.6) is 11.5 Å². The van der Waals surface area contributed by atoms with E-state index in [1.807, 2.05) is 42.5 Å². The van der Waals surface area contributed by atoms with Crippen molar-refractivity contribution in [1.82, 2.24) is 20.2 Å². The Morgan fingerprint density at radius 3 is 2.43 bits per heavy atom. The molecule has 3 rings (SSSR count). The Labute approximate surface area is 164 Å². The van der Waals surface area contributed by atoms with Crippen molar-refractivity contribution in [2.75, 3.05) is 28.3 Å². The third-order valence-electron chi connectivity index (χ3n) is 4.18. The Morgan fingerprint density at radius 1 is 1.07 bits per heavy atom. The minimum absolute atomic E-state index is 0.228. The van der Waals surface area contributed by atoms with Crippen molar-refractivity contribution < 1.29 is 14.3 Å². The lowest BCUT2D eigenvalue weighted by Gasteiger charge is -2.12. The van der Waals surface area contributed by atoms with Crippen LogP contribution in [0.25, 0.3) is 11.3 Å². The summed E-state index contributed by atoms with van der Waals surface area (Å²) in [6.45, 7) is 0.566. The second-order valence-electron chi connectivity index (χ2n) is 6.48. The molecular weight excluding hydrogens is 356 g/mol. The molecule has 28 heavy (non-hydrogen) atoms. The third kappa shape index (κ3) is 4.32. The number of methoxy groups -OCH3 is 2. The lowest BCUT2D eigenvalue weighted by atomic mass is 10.1. The van der Waals surface area contributed by atoms with Gasteiger partial charge in [-0.25, -0.2) is 5.01 Å². The number of ether oxygens (including phenoxy) is 2. The van der Waals surface area contributed by atoms with E-state index in [9.17, 15) is 4.79 Å². The zero-order valence-corrected chi connectivity index (χ0v) is 16.5. The lowest BCUT2D eigenvalue weighted by Crippen LogP contribution is -2.36. The highest BCUT2D eigenvalue weighted by atomic mass is 16.5. The van der Waals surface area contributed by atoms with Crippen LogP contribution < -0.4 is 14.9 Å². The van der Waals surface area contributed by atoms with Crippen molar-refractivity contribution in [1.29, 1.82) is 0 Å². The first kappa shape index (κ1) is 19.4. The van der Waals surface area contributed by atoms with E-state index >= 15 is 0 Å². The molecule has 1 amide bonds. The fourth-order valence-corrected chi connectivity index (χ4v) is 2.90. The maximum Gasteiger partial charge on any atom is 0.269 e. The van der Waals surface area contributed by atoms with Gasteiger partial charge in [0, 0.05) is 25.9 Å². The van der Waals surface area contributed by atoms with Crippen LogP contribution in [-0.4, -0.2) is 49.0 Å². The number of hydrazine groups is 1. The van der Waals surface area contributed by atoms with E-state index in [1.165, 1.54) is 0 Å². The van der Waals surface area contributed by atoms with Crippen molar-refractivity contribution in [2.24, 2.45) is 0 Å². The van der Waals surface area contributed by atoms with E-state index in [2.05, 4.69) is 10.5 Å². The molecule has 0 unspecified atom stereocenters. The molecule has 1 heterocycles. The molecular formula is C21H24N4O3. The van der Waals surface area contributed by atoms with Crippen molar-refractivity contribution in [2.45, 2.75) is 6.54 Å². The summed E-state index contributed by atoms with van der Waals surface area (Å²) in [5, 5.41) is 6.28. The molecule has 0 aliphatic carbocycles. The monoisotopic (exact) mass is 380 g/mol. The van der Waals surface area contributed by atoms with Gasteiger partial charge in [-0.1, -0.05) is 30.3 Å². The van der Waals surface area contributed by atoms with Gasteiger partial charge in [-0.15, -0.1) is 0 Å². The van der Waals surface area contributed by atoms with Gasteiger partial charge in [0.05, 0.1) is 26.3 Å². The number of nitrogens with one attached hydrogen (secondary N) is 1. The molecule has 1 aromatic heterocycles.